The van der Waals surface area contributed by atoms with E-state index in [4.69, 9.17) is 5.21 Å². The second kappa shape index (κ2) is 9.71. The van der Waals surface area contributed by atoms with Crippen molar-refractivity contribution in [3.8, 4) is 0 Å². The van der Waals surface area contributed by atoms with Crippen molar-refractivity contribution in [2.24, 2.45) is 0 Å². The molecule has 0 aliphatic heterocycles. The van der Waals surface area contributed by atoms with Gasteiger partial charge in [0.1, 0.15) is 0 Å². The molecule has 0 saturated heterocycles. The number of hydrogen-bond donors (Lipinski definition) is 4. The van der Waals surface area contributed by atoms with Crippen molar-refractivity contribution >= 4 is 22.9 Å². The summed E-state index contributed by atoms with van der Waals surface area (Å²) in [5.74, 6) is -0.525. The molecule has 0 spiro atoms. The van der Waals surface area contributed by atoms with Crippen LogP contribution in [0, 0.1) is 6.92 Å². The third-order valence-corrected chi connectivity index (χ3v) is 6.82. The Hall–Kier alpha value is -3.61. The zero-order valence-electron chi connectivity index (χ0n) is 19.3. The predicted molar refractivity (Wildman–Crippen MR) is 134 cm³/mol. The van der Waals surface area contributed by atoms with Gasteiger partial charge in [-0.15, -0.1) is 0 Å². The molecule has 2 aromatic carbocycles. The summed E-state index contributed by atoms with van der Waals surface area (Å²) in [5.41, 5.74) is 10.3. The van der Waals surface area contributed by atoms with Gasteiger partial charge in [-0.3, -0.25) is 14.9 Å². The topological polar surface area (TPSA) is 84.2 Å². The fourth-order valence-corrected chi connectivity index (χ4v) is 5.11. The lowest BCUT2D eigenvalue weighted by Crippen LogP contribution is -2.29. The Morgan fingerprint density at radius 2 is 2.12 bits per heavy atom. The standard InChI is InChI=1S/C28H30N4O2/c1-19-4-8-24-22(17-30-26(24)15-19)12-14-32(18-23-3-2-13-29-23)27-10-7-21-16-20(5-9-25(21)27)6-11-28(33)31-34/h2-6,8-9,11,13,15-17,27,29-30,34H,7,10,12,14,18H2,1H3,(H,31,33). The Morgan fingerprint density at radius 3 is 2.94 bits per heavy atom. The van der Waals surface area contributed by atoms with Crippen LogP contribution in [0.15, 0.2) is 67.0 Å². The maximum Gasteiger partial charge on any atom is 0.267 e. The smallest absolute Gasteiger partial charge is 0.267 e. The van der Waals surface area contributed by atoms with Crippen LogP contribution in [0.25, 0.3) is 17.0 Å². The molecule has 2 aromatic heterocycles. The molecule has 0 radical (unpaired) electrons. The molecule has 6 nitrogen and oxygen atoms in total. The van der Waals surface area contributed by atoms with Gasteiger partial charge in [-0.05, 0) is 78.3 Å². The third kappa shape index (κ3) is 4.69. The summed E-state index contributed by atoms with van der Waals surface area (Å²) < 4.78 is 0. The molecule has 1 aliphatic carbocycles. The largest absolute Gasteiger partial charge is 0.364 e. The molecule has 34 heavy (non-hydrogen) atoms. The van der Waals surface area contributed by atoms with Crippen LogP contribution in [0.4, 0.5) is 0 Å². The molecule has 4 N–H and O–H groups in total. The molecule has 1 aliphatic rings. The SMILES string of the molecule is Cc1ccc2c(CCN(Cc3ccc[nH]3)C3CCc4cc(C=CC(=O)NO)ccc43)c[nH]c2c1. The molecular weight excluding hydrogens is 424 g/mol. The van der Waals surface area contributed by atoms with Crippen molar-refractivity contribution in [3.05, 3.63) is 101 Å². The van der Waals surface area contributed by atoms with E-state index in [0.29, 0.717) is 6.04 Å². The number of nitrogens with one attached hydrogen (secondary N) is 3. The summed E-state index contributed by atoms with van der Waals surface area (Å²) in [6.45, 7) is 3.96. The highest BCUT2D eigenvalue weighted by atomic mass is 16.5. The molecule has 5 rings (SSSR count). The number of aryl methyl sites for hydroxylation is 2. The monoisotopic (exact) mass is 454 g/mol. The summed E-state index contributed by atoms with van der Waals surface area (Å²) in [6.07, 6.45) is 10.3. The van der Waals surface area contributed by atoms with Crippen molar-refractivity contribution in [3.63, 3.8) is 0 Å². The summed E-state index contributed by atoms with van der Waals surface area (Å²) >= 11 is 0. The second-order valence-electron chi connectivity index (χ2n) is 9.10. The Balaban J connectivity index is 1.37. The Morgan fingerprint density at radius 1 is 1.21 bits per heavy atom. The van der Waals surface area contributed by atoms with Crippen LogP contribution >= 0.6 is 0 Å². The fourth-order valence-electron chi connectivity index (χ4n) is 5.11. The van der Waals surface area contributed by atoms with E-state index in [9.17, 15) is 4.79 Å². The van der Waals surface area contributed by atoms with Crippen LogP contribution in [0.5, 0.6) is 0 Å². The molecule has 0 bridgehead atoms. The van der Waals surface area contributed by atoms with Crippen molar-refractivity contribution in [1.82, 2.24) is 20.3 Å². The molecule has 1 atom stereocenters. The maximum absolute atomic E-state index is 11.3. The minimum Gasteiger partial charge on any atom is -0.364 e. The van der Waals surface area contributed by atoms with Crippen LogP contribution in [0.1, 0.15) is 46.0 Å². The minimum atomic E-state index is -0.525. The molecular formula is C28H30N4O2. The highest BCUT2D eigenvalue weighted by molar-refractivity contribution is 5.90. The normalized spacial score (nSPS) is 15.4. The van der Waals surface area contributed by atoms with E-state index in [1.807, 2.05) is 12.3 Å². The number of rotatable bonds is 8. The van der Waals surface area contributed by atoms with E-state index in [-0.39, 0.29) is 0 Å². The number of carbonyl (C=O) groups excluding carboxylic acids is 1. The van der Waals surface area contributed by atoms with Crippen LogP contribution in [0.3, 0.4) is 0 Å². The van der Waals surface area contributed by atoms with Crippen LogP contribution < -0.4 is 5.48 Å². The van der Waals surface area contributed by atoms with Gasteiger partial charge in [-0.25, -0.2) is 5.48 Å². The van der Waals surface area contributed by atoms with E-state index >= 15 is 0 Å². The van der Waals surface area contributed by atoms with Crippen LogP contribution in [0.2, 0.25) is 0 Å². The first-order valence-corrected chi connectivity index (χ1v) is 11.8. The number of H-pyrrole nitrogens is 2. The number of benzene rings is 2. The van der Waals surface area contributed by atoms with E-state index in [2.05, 4.69) is 70.5 Å². The maximum atomic E-state index is 11.3. The highest BCUT2D eigenvalue weighted by Crippen LogP contribution is 2.37. The molecule has 0 saturated carbocycles. The van der Waals surface area contributed by atoms with E-state index in [1.165, 1.54) is 44.9 Å². The van der Waals surface area contributed by atoms with E-state index in [0.717, 1.165) is 37.9 Å². The number of amides is 1. The first kappa shape index (κ1) is 22.2. The quantitative estimate of drug-likeness (QED) is 0.171. The van der Waals surface area contributed by atoms with Crippen LogP contribution in [-0.4, -0.2) is 32.5 Å². The minimum absolute atomic E-state index is 0.351. The summed E-state index contributed by atoms with van der Waals surface area (Å²) in [5, 5.41) is 10.0. The van der Waals surface area contributed by atoms with E-state index in [1.54, 1.807) is 11.6 Å². The highest BCUT2D eigenvalue weighted by Gasteiger charge is 2.28. The zero-order valence-corrected chi connectivity index (χ0v) is 19.3. The van der Waals surface area contributed by atoms with Gasteiger partial charge in [0.05, 0.1) is 0 Å². The molecule has 0 fully saturated rings. The molecule has 1 unspecified atom stereocenters. The van der Waals surface area contributed by atoms with Crippen molar-refractivity contribution in [2.75, 3.05) is 6.54 Å². The number of hydrogen-bond acceptors (Lipinski definition) is 3. The average molecular weight is 455 g/mol. The average Bonchev–Trinajstić information content (AvgIpc) is 3.59. The number of aromatic amines is 2. The Labute approximate surface area is 199 Å². The predicted octanol–water partition coefficient (Wildman–Crippen LogP) is 5.06. The molecule has 6 heteroatoms. The van der Waals surface area contributed by atoms with Crippen molar-refractivity contribution in [1.29, 1.82) is 0 Å². The first-order chi connectivity index (χ1) is 16.6. The Bertz CT molecular complexity index is 1320. The second-order valence-corrected chi connectivity index (χ2v) is 9.10. The van der Waals surface area contributed by atoms with Gasteiger partial charge >= 0.3 is 0 Å². The summed E-state index contributed by atoms with van der Waals surface area (Å²) in [6, 6.07) is 17.6. The lowest BCUT2D eigenvalue weighted by molar-refractivity contribution is -0.124. The molecule has 1 amide bonds. The van der Waals surface area contributed by atoms with Crippen LogP contribution in [-0.2, 0) is 24.2 Å². The summed E-state index contributed by atoms with van der Waals surface area (Å²) in [4.78, 5) is 20.7. The number of nitrogens with zero attached hydrogens (tertiary/aromatic N) is 1. The zero-order chi connectivity index (χ0) is 23.5. The van der Waals surface area contributed by atoms with Gasteiger partial charge in [-0.2, -0.15) is 0 Å². The lowest BCUT2D eigenvalue weighted by atomic mass is 10.0. The summed E-state index contributed by atoms with van der Waals surface area (Å²) in [7, 11) is 0. The lowest BCUT2D eigenvalue weighted by Gasteiger charge is -2.29. The first-order valence-electron chi connectivity index (χ1n) is 11.8. The molecule has 2 heterocycles. The molecule has 4 aromatic rings. The number of carbonyl (C=O) groups is 1. The number of aromatic nitrogens is 2. The fraction of sp³-hybridized carbons (Fsp3) is 0.250. The van der Waals surface area contributed by atoms with Gasteiger partial charge in [0.25, 0.3) is 5.91 Å². The van der Waals surface area contributed by atoms with Gasteiger partial charge in [0.15, 0.2) is 0 Å². The number of hydroxylamine groups is 1. The Kier molecular flexibility index (Phi) is 6.34. The number of fused-ring (bicyclic) bond motifs is 2. The van der Waals surface area contributed by atoms with Gasteiger partial charge < -0.3 is 9.97 Å². The van der Waals surface area contributed by atoms with Crippen molar-refractivity contribution < 1.29 is 10.0 Å². The third-order valence-electron chi connectivity index (χ3n) is 6.82. The molecule has 174 valence electrons. The van der Waals surface area contributed by atoms with Gasteiger partial charge in [-0.1, -0.05) is 30.3 Å². The van der Waals surface area contributed by atoms with Gasteiger partial charge in [0.2, 0.25) is 0 Å². The van der Waals surface area contributed by atoms with E-state index < -0.39 is 5.91 Å². The van der Waals surface area contributed by atoms with Crippen molar-refractivity contribution in [2.45, 2.75) is 38.8 Å². The van der Waals surface area contributed by atoms with Gasteiger partial charge in [0, 0.05) is 54.2 Å².